The molecular weight excluding hydrogens is 243 g/mol. The fourth-order valence-corrected chi connectivity index (χ4v) is 2.20. The van der Waals surface area contributed by atoms with Crippen molar-refractivity contribution in [2.75, 3.05) is 14.2 Å². The van der Waals surface area contributed by atoms with Crippen molar-refractivity contribution in [2.45, 2.75) is 13.0 Å². The van der Waals surface area contributed by atoms with Crippen molar-refractivity contribution >= 4 is 0 Å². The SMILES string of the molecule is CNC(c1ccc(OC)cc1C)c1ccncc1F. The lowest BCUT2D eigenvalue weighted by atomic mass is 9.95. The first-order valence-corrected chi connectivity index (χ1v) is 6.08. The van der Waals surface area contributed by atoms with E-state index in [2.05, 4.69) is 10.3 Å². The zero-order valence-corrected chi connectivity index (χ0v) is 11.3. The number of hydrogen-bond acceptors (Lipinski definition) is 3. The summed E-state index contributed by atoms with van der Waals surface area (Å²) >= 11 is 0. The lowest BCUT2D eigenvalue weighted by Crippen LogP contribution is -2.20. The quantitative estimate of drug-likeness (QED) is 0.918. The van der Waals surface area contributed by atoms with Crippen LogP contribution in [-0.2, 0) is 0 Å². The first-order valence-electron chi connectivity index (χ1n) is 6.08. The Kier molecular flexibility index (Phi) is 4.12. The summed E-state index contributed by atoms with van der Waals surface area (Å²) in [5, 5.41) is 3.15. The highest BCUT2D eigenvalue weighted by Gasteiger charge is 2.18. The van der Waals surface area contributed by atoms with Gasteiger partial charge in [0, 0.05) is 11.8 Å². The Bertz CT molecular complexity index is 572. The number of methoxy groups -OCH3 is 1. The number of hydrogen-bond donors (Lipinski definition) is 1. The zero-order valence-electron chi connectivity index (χ0n) is 11.3. The molecule has 1 N–H and O–H groups in total. The van der Waals surface area contributed by atoms with Gasteiger partial charge in [0.25, 0.3) is 0 Å². The maximum absolute atomic E-state index is 13.9. The van der Waals surface area contributed by atoms with Crippen LogP contribution in [0.4, 0.5) is 4.39 Å². The molecule has 0 radical (unpaired) electrons. The van der Waals surface area contributed by atoms with E-state index >= 15 is 0 Å². The molecule has 0 bridgehead atoms. The maximum atomic E-state index is 13.9. The number of aromatic nitrogens is 1. The molecule has 0 saturated heterocycles. The topological polar surface area (TPSA) is 34.1 Å². The van der Waals surface area contributed by atoms with Gasteiger partial charge in [0.05, 0.1) is 19.3 Å². The van der Waals surface area contributed by atoms with Gasteiger partial charge in [-0.1, -0.05) is 6.07 Å². The van der Waals surface area contributed by atoms with E-state index < -0.39 is 0 Å². The number of halogens is 1. The van der Waals surface area contributed by atoms with Crippen LogP contribution in [-0.4, -0.2) is 19.1 Å². The van der Waals surface area contributed by atoms with Crippen molar-refractivity contribution in [3.8, 4) is 5.75 Å². The van der Waals surface area contributed by atoms with Gasteiger partial charge in [-0.3, -0.25) is 4.98 Å². The first-order chi connectivity index (χ1) is 9.17. The summed E-state index contributed by atoms with van der Waals surface area (Å²) in [5.41, 5.74) is 2.66. The van der Waals surface area contributed by atoms with Gasteiger partial charge in [0.15, 0.2) is 0 Å². The van der Waals surface area contributed by atoms with E-state index in [1.165, 1.54) is 6.20 Å². The number of pyridine rings is 1. The molecule has 2 rings (SSSR count). The minimum Gasteiger partial charge on any atom is -0.497 e. The van der Waals surface area contributed by atoms with Crippen molar-refractivity contribution in [3.05, 3.63) is 59.2 Å². The van der Waals surface area contributed by atoms with Crippen molar-refractivity contribution in [1.29, 1.82) is 0 Å². The van der Waals surface area contributed by atoms with Gasteiger partial charge in [-0.15, -0.1) is 0 Å². The molecule has 0 amide bonds. The second-order valence-electron chi connectivity index (χ2n) is 4.34. The van der Waals surface area contributed by atoms with Crippen molar-refractivity contribution in [2.24, 2.45) is 0 Å². The van der Waals surface area contributed by atoms with Crippen LogP contribution in [0.3, 0.4) is 0 Å². The Morgan fingerprint density at radius 3 is 2.63 bits per heavy atom. The summed E-state index contributed by atoms with van der Waals surface area (Å²) in [7, 11) is 3.45. The molecule has 0 aliphatic rings. The number of nitrogens with one attached hydrogen (secondary N) is 1. The summed E-state index contributed by atoms with van der Waals surface area (Å²) in [5.74, 6) is 0.489. The van der Waals surface area contributed by atoms with Gasteiger partial charge >= 0.3 is 0 Å². The number of nitrogens with zero attached hydrogens (tertiary/aromatic N) is 1. The van der Waals surface area contributed by atoms with E-state index in [1.807, 2.05) is 32.2 Å². The highest BCUT2D eigenvalue weighted by Crippen LogP contribution is 2.28. The van der Waals surface area contributed by atoms with Gasteiger partial charge in [0.1, 0.15) is 11.6 Å². The second kappa shape index (κ2) is 5.80. The zero-order chi connectivity index (χ0) is 13.8. The largest absolute Gasteiger partial charge is 0.497 e. The molecule has 1 unspecified atom stereocenters. The van der Waals surface area contributed by atoms with E-state index in [1.54, 1.807) is 19.4 Å². The lowest BCUT2D eigenvalue weighted by Gasteiger charge is -2.20. The summed E-state index contributed by atoms with van der Waals surface area (Å²) in [6, 6.07) is 7.27. The van der Waals surface area contributed by atoms with E-state index in [9.17, 15) is 4.39 Å². The fraction of sp³-hybridized carbons (Fsp3) is 0.267. The average molecular weight is 260 g/mol. The molecule has 4 heteroatoms. The molecule has 19 heavy (non-hydrogen) atoms. The number of benzene rings is 1. The highest BCUT2D eigenvalue weighted by atomic mass is 19.1. The predicted octanol–water partition coefficient (Wildman–Crippen LogP) is 2.85. The molecule has 0 aliphatic heterocycles. The molecule has 0 spiro atoms. The molecule has 1 aromatic carbocycles. The van der Waals surface area contributed by atoms with Gasteiger partial charge in [0.2, 0.25) is 0 Å². The third-order valence-electron chi connectivity index (χ3n) is 3.19. The molecular formula is C15H17FN2O. The molecule has 3 nitrogen and oxygen atoms in total. The third kappa shape index (κ3) is 2.74. The molecule has 1 heterocycles. The monoisotopic (exact) mass is 260 g/mol. The second-order valence-corrected chi connectivity index (χ2v) is 4.34. The molecule has 100 valence electrons. The Morgan fingerprint density at radius 1 is 1.26 bits per heavy atom. The van der Waals surface area contributed by atoms with E-state index in [0.29, 0.717) is 5.56 Å². The van der Waals surface area contributed by atoms with Crippen molar-refractivity contribution in [1.82, 2.24) is 10.3 Å². The highest BCUT2D eigenvalue weighted by molar-refractivity contribution is 5.41. The van der Waals surface area contributed by atoms with E-state index in [-0.39, 0.29) is 11.9 Å². The molecule has 1 aromatic heterocycles. The Balaban J connectivity index is 2.46. The number of aryl methyl sites for hydroxylation is 1. The average Bonchev–Trinajstić information content (AvgIpc) is 2.43. The maximum Gasteiger partial charge on any atom is 0.146 e. The molecule has 0 saturated carbocycles. The van der Waals surface area contributed by atoms with Gasteiger partial charge < -0.3 is 10.1 Å². The van der Waals surface area contributed by atoms with Gasteiger partial charge in [-0.25, -0.2) is 4.39 Å². The number of rotatable bonds is 4. The van der Waals surface area contributed by atoms with Crippen LogP contribution in [0.5, 0.6) is 5.75 Å². The van der Waals surface area contributed by atoms with E-state index in [0.717, 1.165) is 16.9 Å². The molecule has 1 atom stereocenters. The van der Waals surface area contributed by atoms with Crippen molar-refractivity contribution in [3.63, 3.8) is 0 Å². The first kappa shape index (κ1) is 13.5. The minimum atomic E-state index is -0.308. The fourth-order valence-electron chi connectivity index (χ4n) is 2.20. The Labute approximate surface area is 112 Å². The van der Waals surface area contributed by atoms with Gasteiger partial charge in [-0.05, 0) is 43.3 Å². The molecule has 0 fully saturated rings. The third-order valence-corrected chi connectivity index (χ3v) is 3.19. The van der Waals surface area contributed by atoms with Crippen LogP contribution in [0.25, 0.3) is 0 Å². The van der Waals surface area contributed by atoms with Crippen LogP contribution in [0.15, 0.2) is 36.7 Å². The Hall–Kier alpha value is -1.94. The summed E-state index contributed by atoms with van der Waals surface area (Å²) < 4.78 is 19.1. The summed E-state index contributed by atoms with van der Waals surface area (Å²) in [6.45, 7) is 1.99. The van der Waals surface area contributed by atoms with Crippen LogP contribution in [0.1, 0.15) is 22.7 Å². The predicted molar refractivity (Wildman–Crippen MR) is 72.8 cm³/mol. The summed E-state index contributed by atoms with van der Waals surface area (Å²) in [4.78, 5) is 3.78. The molecule has 0 aliphatic carbocycles. The van der Waals surface area contributed by atoms with Crippen molar-refractivity contribution < 1.29 is 9.13 Å². The van der Waals surface area contributed by atoms with E-state index in [4.69, 9.17) is 4.74 Å². The Morgan fingerprint density at radius 2 is 2.05 bits per heavy atom. The van der Waals surface area contributed by atoms with Crippen LogP contribution in [0, 0.1) is 12.7 Å². The van der Waals surface area contributed by atoms with Crippen LogP contribution < -0.4 is 10.1 Å². The standard InChI is InChI=1S/C15H17FN2O/c1-10-8-11(19-3)4-5-12(10)15(17-2)13-6-7-18-9-14(13)16/h4-9,15,17H,1-3H3. The lowest BCUT2D eigenvalue weighted by molar-refractivity contribution is 0.414. The van der Waals surface area contributed by atoms with Gasteiger partial charge in [-0.2, -0.15) is 0 Å². The minimum absolute atomic E-state index is 0.200. The van der Waals surface area contributed by atoms with Crippen LogP contribution >= 0.6 is 0 Å². The summed E-state index contributed by atoms with van der Waals surface area (Å²) in [6.07, 6.45) is 2.83. The number of ether oxygens (including phenoxy) is 1. The normalized spacial score (nSPS) is 12.2. The van der Waals surface area contributed by atoms with Crippen LogP contribution in [0.2, 0.25) is 0 Å². The molecule has 2 aromatic rings. The smallest absolute Gasteiger partial charge is 0.146 e.